The summed E-state index contributed by atoms with van der Waals surface area (Å²) in [7, 11) is 1.66. The van der Waals surface area contributed by atoms with Gasteiger partial charge in [0, 0.05) is 25.6 Å². The predicted molar refractivity (Wildman–Crippen MR) is 90.0 cm³/mol. The molecule has 4 heterocycles. The standard InChI is InChI=1S/C17H20N4O3/c1-17(2)7-12-10(8-23-17)6-11-13-14(24-16(11)21-12)15(20-9-19-13)18-4-5-22-3/h6,9H,4-5,7-8H2,1-3H3,(H,18,19,20). The highest BCUT2D eigenvalue weighted by Gasteiger charge is 2.28. The SMILES string of the molecule is COCCNc1ncnc2c1oc1nc3c(cc12)COC(C)(C)C3. The van der Waals surface area contributed by atoms with E-state index in [-0.39, 0.29) is 5.60 Å². The number of hydrogen-bond donors (Lipinski definition) is 1. The number of anilines is 1. The molecule has 0 bridgehead atoms. The molecule has 0 fully saturated rings. The van der Waals surface area contributed by atoms with Crippen LogP contribution in [0.5, 0.6) is 0 Å². The van der Waals surface area contributed by atoms with Crippen LogP contribution in [0.4, 0.5) is 5.82 Å². The van der Waals surface area contributed by atoms with Crippen LogP contribution in [0.25, 0.3) is 22.2 Å². The van der Waals surface area contributed by atoms with Crippen molar-refractivity contribution in [3.05, 3.63) is 23.7 Å². The Labute approximate surface area is 139 Å². The maximum absolute atomic E-state index is 5.97. The summed E-state index contributed by atoms with van der Waals surface area (Å²) < 4.78 is 16.9. The van der Waals surface area contributed by atoms with Gasteiger partial charge < -0.3 is 19.2 Å². The maximum Gasteiger partial charge on any atom is 0.229 e. The van der Waals surface area contributed by atoms with Crippen molar-refractivity contribution in [3.8, 4) is 0 Å². The number of methoxy groups -OCH3 is 1. The number of hydrogen-bond acceptors (Lipinski definition) is 7. The van der Waals surface area contributed by atoms with Crippen molar-refractivity contribution in [2.24, 2.45) is 0 Å². The molecule has 3 aromatic heterocycles. The van der Waals surface area contributed by atoms with Crippen LogP contribution >= 0.6 is 0 Å². The molecule has 0 aliphatic carbocycles. The number of pyridine rings is 1. The number of furan rings is 1. The number of aromatic nitrogens is 3. The Hall–Kier alpha value is -2.25. The second kappa shape index (κ2) is 5.68. The van der Waals surface area contributed by atoms with E-state index in [9.17, 15) is 0 Å². The molecule has 1 aliphatic heterocycles. The number of rotatable bonds is 4. The first kappa shape index (κ1) is 15.3. The summed E-state index contributed by atoms with van der Waals surface area (Å²) in [6.45, 7) is 5.94. The van der Waals surface area contributed by atoms with Gasteiger partial charge in [-0.25, -0.2) is 15.0 Å². The van der Waals surface area contributed by atoms with Crippen LogP contribution in [-0.4, -0.2) is 40.8 Å². The topological polar surface area (TPSA) is 82.3 Å². The van der Waals surface area contributed by atoms with Gasteiger partial charge in [-0.1, -0.05) is 0 Å². The number of nitrogens with one attached hydrogen (secondary N) is 1. The lowest BCUT2D eigenvalue weighted by atomic mass is 9.95. The molecule has 0 amide bonds. The Morgan fingerprint density at radius 1 is 1.33 bits per heavy atom. The molecule has 1 aliphatic rings. The summed E-state index contributed by atoms with van der Waals surface area (Å²) in [5, 5.41) is 4.10. The molecule has 0 saturated carbocycles. The van der Waals surface area contributed by atoms with Gasteiger partial charge in [0.1, 0.15) is 11.8 Å². The van der Waals surface area contributed by atoms with Crippen LogP contribution in [0.3, 0.4) is 0 Å². The largest absolute Gasteiger partial charge is 0.432 e. The van der Waals surface area contributed by atoms with Crippen molar-refractivity contribution >= 4 is 28.0 Å². The third-order valence-corrected chi connectivity index (χ3v) is 4.22. The molecular formula is C17H20N4O3. The summed E-state index contributed by atoms with van der Waals surface area (Å²) in [5.41, 5.74) is 3.90. The molecule has 0 unspecified atom stereocenters. The average molecular weight is 328 g/mol. The van der Waals surface area contributed by atoms with Crippen LogP contribution in [0.15, 0.2) is 16.8 Å². The van der Waals surface area contributed by atoms with Crippen molar-refractivity contribution in [3.63, 3.8) is 0 Å². The van der Waals surface area contributed by atoms with E-state index in [2.05, 4.69) is 35.2 Å². The van der Waals surface area contributed by atoms with E-state index in [0.717, 1.165) is 28.6 Å². The van der Waals surface area contributed by atoms with E-state index < -0.39 is 0 Å². The van der Waals surface area contributed by atoms with Crippen LogP contribution in [0.1, 0.15) is 25.1 Å². The van der Waals surface area contributed by atoms with Crippen molar-refractivity contribution in [1.82, 2.24) is 15.0 Å². The first-order valence-corrected chi connectivity index (χ1v) is 8.00. The van der Waals surface area contributed by atoms with Gasteiger partial charge in [0.25, 0.3) is 0 Å². The minimum absolute atomic E-state index is 0.202. The molecule has 3 aromatic rings. The maximum atomic E-state index is 5.97. The van der Waals surface area contributed by atoms with Gasteiger partial charge in [0.15, 0.2) is 11.4 Å². The van der Waals surface area contributed by atoms with E-state index in [1.807, 2.05) is 0 Å². The third kappa shape index (κ3) is 2.59. The van der Waals surface area contributed by atoms with E-state index in [1.54, 1.807) is 7.11 Å². The highest BCUT2D eigenvalue weighted by molar-refractivity contribution is 6.04. The van der Waals surface area contributed by atoms with Crippen LogP contribution in [0, 0.1) is 0 Å². The quantitative estimate of drug-likeness (QED) is 0.737. The molecular weight excluding hydrogens is 308 g/mol. The Kier molecular flexibility index (Phi) is 3.62. The summed E-state index contributed by atoms with van der Waals surface area (Å²) in [6, 6.07) is 2.07. The molecule has 7 heteroatoms. The molecule has 126 valence electrons. The summed E-state index contributed by atoms with van der Waals surface area (Å²) in [5.74, 6) is 0.657. The van der Waals surface area contributed by atoms with E-state index >= 15 is 0 Å². The fraction of sp³-hybridized carbons (Fsp3) is 0.471. The van der Waals surface area contributed by atoms with Gasteiger partial charge >= 0.3 is 0 Å². The van der Waals surface area contributed by atoms with Crippen molar-refractivity contribution in [2.45, 2.75) is 32.5 Å². The third-order valence-electron chi connectivity index (χ3n) is 4.22. The van der Waals surface area contributed by atoms with E-state index in [4.69, 9.17) is 18.9 Å². The molecule has 4 rings (SSSR count). The fourth-order valence-electron chi connectivity index (χ4n) is 2.98. The van der Waals surface area contributed by atoms with E-state index in [1.165, 1.54) is 6.33 Å². The Morgan fingerprint density at radius 3 is 3.04 bits per heavy atom. The predicted octanol–water partition coefficient (Wildman–Crippen LogP) is 2.68. The number of fused-ring (bicyclic) bond motifs is 4. The van der Waals surface area contributed by atoms with Crippen LogP contribution < -0.4 is 5.32 Å². The van der Waals surface area contributed by atoms with Gasteiger partial charge in [-0.2, -0.15) is 0 Å². The summed E-state index contributed by atoms with van der Waals surface area (Å²) >= 11 is 0. The van der Waals surface area contributed by atoms with Crippen LogP contribution in [0.2, 0.25) is 0 Å². The summed E-state index contributed by atoms with van der Waals surface area (Å²) in [4.78, 5) is 13.4. The molecule has 0 radical (unpaired) electrons. The zero-order valence-electron chi connectivity index (χ0n) is 14.0. The van der Waals surface area contributed by atoms with Gasteiger partial charge in [0.2, 0.25) is 5.71 Å². The molecule has 0 saturated heterocycles. The van der Waals surface area contributed by atoms with Gasteiger partial charge in [-0.3, -0.25) is 0 Å². The van der Waals surface area contributed by atoms with Crippen molar-refractivity contribution in [2.75, 3.05) is 25.6 Å². The van der Waals surface area contributed by atoms with E-state index in [0.29, 0.717) is 36.9 Å². The molecule has 24 heavy (non-hydrogen) atoms. The first-order chi connectivity index (χ1) is 11.6. The van der Waals surface area contributed by atoms with Gasteiger partial charge in [0.05, 0.1) is 29.9 Å². The lowest BCUT2D eigenvalue weighted by Crippen LogP contribution is -2.32. The van der Waals surface area contributed by atoms with Gasteiger partial charge in [-0.05, 0) is 19.9 Å². The minimum atomic E-state index is -0.202. The molecule has 1 N–H and O–H groups in total. The van der Waals surface area contributed by atoms with Crippen LogP contribution in [-0.2, 0) is 22.5 Å². The fourth-order valence-corrected chi connectivity index (χ4v) is 2.98. The monoisotopic (exact) mass is 328 g/mol. The number of ether oxygens (including phenoxy) is 2. The first-order valence-electron chi connectivity index (χ1n) is 8.00. The Morgan fingerprint density at radius 2 is 2.21 bits per heavy atom. The molecule has 0 aromatic carbocycles. The smallest absolute Gasteiger partial charge is 0.229 e. The normalized spacial score (nSPS) is 16.5. The summed E-state index contributed by atoms with van der Waals surface area (Å²) in [6.07, 6.45) is 2.30. The second-order valence-electron chi connectivity index (χ2n) is 6.59. The van der Waals surface area contributed by atoms with Gasteiger partial charge in [-0.15, -0.1) is 0 Å². The zero-order chi connectivity index (χ0) is 16.7. The Bertz CT molecular complexity index is 904. The molecule has 0 spiro atoms. The lowest BCUT2D eigenvalue weighted by molar-refractivity contribution is -0.0411. The highest BCUT2D eigenvalue weighted by Crippen LogP contribution is 2.34. The van der Waals surface area contributed by atoms with Crippen molar-refractivity contribution < 1.29 is 13.9 Å². The highest BCUT2D eigenvalue weighted by atomic mass is 16.5. The Balaban J connectivity index is 1.81. The average Bonchev–Trinajstić information content (AvgIpc) is 2.90. The minimum Gasteiger partial charge on any atom is -0.432 e. The molecule has 7 nitrogen and oxygen atoms in total. The zero-order valence-corrected chi connectivity index (χ0v) is 14.0. The number of nitrogens with zero attached hydrogens (tertiary/aromatic N) is 3. The van der Waals surface area contributed by atoms with Crippen molar-refractivity contribution in [1.29, 1.82) is 0 Å². The molecule has 0 atom stereocenters. The second-order valence-corrected chi connectivity index (χ2v) is 6.59. The lowest BCUT2D eigenvalue weighted by Gasteiger charge is -2.30.